The van der Waals surface area contributed by atoms with Gasteiger partial charge in [-0.25, -0.2) is 0 Å². The summed E-state index contributed by atoms with van der Waals surface area (Å²) in [5.74, 6) is 1.54. The molecule has 1 aliphatic rings. The number of amides is 1. The normalized spacial score (nSPS) is 12.5. The van der Waals surface area contributed by atoms with Crippen molar-refractivity contribution in [1.82, 2.24) is 5.32 Å². The average molecular weight is 265 g/mol. The zero-order valence-electron chi connectivity index (χ0n) is 11.1. The lowest BCUT2D eigenvalue weighted by Crippen LogP contribution is -2.25. The molecule has 1 amide bonds. The molecule has 1 heterocycles. The van der Waals surface area contributed by atoms with E-state index in [0.717, 1.165) is 29.0 Å². The zero-order valence-corrected chi connectivity index (χ0v) is 11.1. The number of hydrogen-bond acceptors (Lipinski definition) is 4. The lowest BCUT2D eigenvalue weighted by Gasteiger charge is -2.08. The van der Waals surface area contributed by atoms with Gasteiger partial charge < -0.3 is 19.9 Å². The molecule has 5 heteroatoms. The fourth-order valence-electron chi connectivity index (χ4n) is 2.02. The summed E-state index contributed by atoms with van der Waals surface area (Å²) in [6, 6.07) is 3.93. The first-order valence-corrected chi connectivity index (χ1v) is 6.47. The molecule has 1 aliphatic heterocycles. The molecule has 0 saturated heterocycles. The van der Waals surface area contributed by atoms with Crippen LogP contribution in [0.15, 0.2) is 12.1 Å². The summed E-state index contributed by atoms with van der Waals surface area (Å²) in [4.78, 5) is 11.4. The Bertz CT molecular complexity index is 459. The maximum Gasteiger partial charge on any atom is 0.231 e. The first kappa shape index (κ1) is 13.7. The molecule has 0 spiro atoms. The van der Waals surface area contributed by atoms with Gasteiger partial charge in [0.1, 0.15) is 0 Å². The predicted octanol–water partition coefficient (Wildman–Crippen LogP) is 1.15. The van der Waals surface area contributed by atoms with Gasteiger partial charge in [-0.05, 0) is 43.0 Å². The summed E-state index contributed by atoms with van der Waals surface area (Å²) in [7, 11) is 0. The van der Waals surface area contributed by atoms with Crippen molar-refractivity contribution in [2.24, 2.45) is 0 Å². The minimum Gasteiger partial charge on any atom is -0.454 e. The molecule has 0 aliphatic carbocycles. The number of aliphatic hydroxyl groups excluding tert-OH is 1. The maximum absolute atomic E-state index is 11.4. The highest BCUT2D eigenvalue weighted by Gasteiger charge is 2.15. The van der Waals surface area contributed by atoms with Crippen LogP contribution in [0.5, 0.6) is 11.5 Å². The van der Waals surface area contributed by atoms with Crippen LogP contribution >= 0.6 is 0 Å². The van der Waals surface area contributed by atoms with Crippen molar-refractivity contribution < 1.29 is 19.4 Å². The Morgan fingerprint density at radius 2 is 2.11 bits per heavy atom. The molecule has 0 saturated carbocycles. The number of carbonyl (C=O) groups is 1. The van der Waals surface area contributed by atoms with Gasteiger partial charge in [-0.2, -0.15) is 0 Å². The molecule has 0 aromatic heterocycles. The molecular weight excluding hydrogens is 246 g/mol. The molecular formula is C14H19NO4. The Labute approximate surface area is 112 Å². The molecule has 0 atom stereocenters. The van der Waals surface area contributed by atoms with Crippen molar-refractivity contribution in [1.29, 1.82) is 0 Å². The molecule has 2 rings (SSSR count). The molecule has 1 aromatic carbocycles. The Hall–Kier alpha value is -1.75. The Kier molecular flexibility index (Phi) is 4.63. The second-order valence-corrected chi connectivity index (χ2v) is 4.56. The van der Waals surface area contributed by atoms with E-state index in [4.69, 9.17) is 14.6 Å². The van der Waals surface area contributed by atoms with Crippen LogP contribution in [0, 0.1) is 6.92 Å². The molecule has 5 nitrogen and oxygen atoms in total. The smallest absolute Gasteiger partial charge is 0.231 e. The van der Waals surface area contributed by atoms with Crippen molar-refractivity contribution in [3.8, 4) is 11.5 Å². The highest BCUT2D eigenvalue weighted by molar-refractivity contribution is 5.75. The first-order valence-electron chi connectivity index (χ1n) is 6.47. The quantitative estimate of drug-likeness (QED) is 0.810. The molecule has 2 N–H and O–H groups in total. The number of aliphatic hydroxyl groups is 1. The van der Waals surface area contributed by atoms with Crippen LogP contribution in [-0.2, 0) is 11.2 Å². The third-order valence-corrected chi connectivity index (χ3v) is 3.11. The van der Waals surface area contributed by atoms with E-state index in [1.807, 2.05) is 19.1 Å². The minimum atomic E-state index is -0.0209. The number of fused-ring (bicyclic) bond motifs is 1. The number of carbonyl (C=O) groups excluding carboxylic acids is 1. The van der Waals surface area contributed by atoms with E-state index in [0.29, 0.717) is 19.4 Å². The molecule has 19 heavy (non-hydrogen) atoms. The van der Waals surface area contributed by atoms with Crippen LogP contribution in [0.4, 0.5) is 0 Å². The SMILES string of the molecule is Cc1cc2c(cc1CCNC(=O)CCCO)OCO2. The van der Waals surface area contributed by atoms with Gasteiger partial charge in [0.15, 0.2) is 11.5 Å². The summed E-state index contributed by atoms with van der Waals surface area (Å²) in [6.07, 6.45) is 1.64. The van der Waals surface area contributed by atoms with Gasteiger partial charge in [0.25, 0.3) is 0 Å². The molecule has 0 bridgehead atoms. The van der Waals surface area contributed by atoms with E-state index in [2.05, 4.69) is 5.32 Å². The van der Waals surface area contributed by atoms with E-state index in [1.54, 1.807) is 0 Å². The summed E-state index contributed by atoms with van der Waals surface area (Å²) < 4.78 is 10.6. The van der Waals surface area contributed by atoms with Crippen molar-refractivity contribution in [2.75, 3.05) is 19.9 Å². The maximum atomic E-state index is 11.4. The molecule has 0 radical (unpaired) electrons. The van der Waals surface area contributed by atoms with Crippen molar-refractivity contribution in [3.05, 3.63) is 23.3 Å². The van der Waals surface area contributed by atoms with Gasteiger partial charge in [0, 0.05) is 19.6 Å². The summed E-state index contributed by atoms with van der Waals surface area (Å²) in [6.45, 7) is 2.93. The lowest BCUT2D eigenvalue weighted by atomic mass is 10.0. The summed E-state index contributed by atoms with van der Waals surface area (Å²) in [5, 5.41) is 11.5. The number of benzene rings is 1. The zero-order chi connectivity index (χ0) is 13.7. The molecule has 1 aromatic rings. The third kappa shape index (κ3) is 3.61. The van der Waals surface area contributed by atoms with Crippen molar-refractivity contribution in [3.63, 3.8) is 0 Å². The fraction of sp³-hybridized carbons (Fsp3) is 0.500. The number of aryl methyl sites for hydroxylation is 1. The van der Waals surface area contributed by atoms with Gasteiger partial charge in [-0.1, -0.05) is 0 Å². The van der Waals surface area contributed by atoms with E-state index < -0.39 is 0 Å². The van der Waals surface area contributed by atoms with Gasteiger partial charge in [-0.3, -0.25) is 4.79 Å². The van der Waals surface area contributed by atoms with Gasteiger partial charge in [-0.15, -0.1) is 0 Å². The van der Waals surface area contributed by atoms with Crippen LogP contribution in [0.2, 0.25) is 0 Å². The highest BCUT2D eigenvalue weighted by Crippen LogP contribution is 2.34. The van der Waals surface area contributed by atoms with E-state index in [9.17, 15) is 4.79 Å². The third-order valence-electron chi connectivity index (χ3n) is 3.11. The molecule has 0 fully saturated rings. The lowest BCUT2D eigenvalue weighted by molar-refractivity contribution is -0.121. The Morgan fingerprint density at radius 3 is 2.84 bits per heavy atom. The highest BCUT2D eigenvalue weighted by atomic mass is 16.7. The number of ether oxygens (including phenoxy) is 2. The first-order chi connectivity index (χ1) is 9.20. The Morgan fingerprint density at radius 1 is 1.37 bits per heavy atom. The Balaban J connectivity index is 1.85. The predicted molar refractivity (Wildman–Crippen MR) is 70.3 cm³/mol. The van der Waals surface area contributed by atoms with Crippen LogP contribution in [0.1, 0.15) is 24.0 Å². The second kappa shape index (κ2) is 6.43. The van der Waals surface area contributed by atoms with E-state index >= 15 is 0 Å². The topological polar surface area (TPSA) is 67.8 Å². The van der Waals surface area contributed by atoms with Crippen LogP contribution in [-0.4, -0.2) is 31.0 Å². The minimum absolute atomic E-state index is 0.0209. The van der Waals surface area contributed by atoms with Crippen molar-refractivity contribution in [2.45, 2.75) is 26.2 Å². The number of nitrogens with one attached hydrogen (secondary N) is 1. The van der Waals surface area contributed by atoms with Crippen LogP contribution in [0.25, 0.3) is 0 Å². The van der Waals surface area contributed by atoms with Gasteiger partial charge >= 0.3 is 0 Å². The monoisotopic (exact) mass is 265 g/mol. The van der Waals surface area contributed by atoms with Crippen LogP contribution in [0.3, 0.4) is 0 Å². The largest absolute Gasteiger partial charge is 0.454 e. The average Bonchev–Trinajstić information content (AvgIpc) is 2.83. The second-order valence-electron chi connectivity index (χ2n) is 4.56. The number of hydrogen-bond donors (Lipinski definition) is 2. The van der Waals surface area contributed by atoms with E-state index in [-0.39, 0.29) is 19.3 Å². The standard InChI is InChI=1S/C14H19NO4/c1-10-7-12-13(19-9-18-12)8-11(10)4-5-15-14(17)3-2-6-16/h7-8,16H,2-6,9H2,1H3,(H,15,17). The van der Waals surface area contributed by atoms with Crippen LogP contribution < -0.4 is 14.8 Å². The fourth-order valence-corrected chi connectivity index (χ4v) is 2.02. The van der Waals surface area contributed by atoms with Crippen molar-refractivity contribution >= 4 is 5.91 Å². The summed E-state index contributed by atoms with van der Waals surface area (Å²) >= 11 is 0. The molecule has 0 unspecified atom stereocenters. The molecule has 104 valence electrons. The number of rotatable bonds is 6. The van der Waals surface area contributed by atoms with E-state index in [1.165, 1.54) is 0 Å². The van der Waals surface area contributed by atoms with Gasteiger partial charge in [0.05, 0.1) is 0 Å². The summed E-state index contributed by atoms with van der Waals surface area (Å²) in [5.41, 5.74) is 2.28. The van der Waals surface area contributed by atoms with Gasteiger partial charge in [0.2, 0.25) is 12.7 Å².